The number of halogens is 1. The van der Waals surface area contributed by atoms with Gasteiger partial charge in [0, 0.05) is 17.0 Å². The van der Waals surface area contributed by atoms with E-state index in [1.54, 1.807) is 24.3 Å². The summed E-state index contributed by atoms with van der Waals surface area (Å²) in [6, 6.07) is 11.1. The average Bonchev–Trinajstić information content (AvgIpc) is 2.50. The number of benzene rings is 2. The molecule has 0 bridgehead atoms. The molecule has 2 aromatic rings. The third-order valence-corrected chi connectivity index (χ3v) is 3.97. The van der Waals surface area contributed by atoms with E-state index in [9.17, 15) is 14.7 Å². The Morgan fingerprint density at radius 1 is 1.09 bits per heavy atom. The Hall–Kier alpha value is -2.33. The molecule has 0 saturated carbocycles. The zero-order valence-corrected chi connectivity index (χ0v) is 13.7. The van der Waals surface area contributed by atoms with Crippen LogP contribution in [0.5, 0.6) is 0 Å². The molecule has 2 aromatic carbocycles. The van der Waals surface area contributed by atoms with Crippen LogP contribution in [0.2, 0.25) is 5.02 Å². The Morgan fingerprint density at radius 3 is 2.30 bits per heavy atom. The summed E-state index contributed by atoms with van der Waals surface area (Å²) in [4.78, 5) is 23.6. The van der Waals surface area contributed by atoms with Crippen molar-refractivity contribution in [3.8, 4) is 0 Å². The van der Waals surface area contributed by atoms with Crippen LogP contribution in [0.15, 0.2) is 42.5 Å². The van der Waals surface area contributed by atoms with Crippen LogP contribution in [0.3, 0.4) is 0 Å². The zero-order chi connectivity index (χ0) is 17.0. The number of hydrogen-bond acceptors (Lipinski definition) is 2. The van der Waals surface area contributed by atoms with Crippen molar-refractivity contribution in [1.82, 2.24) is 5.32 Å². The molecule has 0 unspecified atom stereocenters. The van der Waals surface area contributed by atoms with Crippen LogP contribution in [-0.2, 0) is 11.2 Å². The second kappa shape index (κ2) is 7.29. The molecule has 0 aliphatic carbocycles. The lowest BCUT2D eigenvalue weighted by atomic mass is 10.0. The van der Waals surface area contributed by atoms with Gasteiger partial charge >= 0.3 is 5.97 Å². The Balaban J connectivity index is 2.12. The van der Waals surface area contributed by atoms with Crippen molar-refractivity contribution in [1.29, 1.82) is 0 Å². The molecule has 0 aromatic heterocycles. The van der Waals surface area contributed by atoms with Gasteiger partial charge in [-0.2, -0.15) is 0 Å². The maximum Gasteiger partial charge on any atom is 0.326 e. The van der Waals surface area contributed by atoms with Crippen LogP contribution in [0.4, 0.5) is 0 Å². The SMILES string of the molecule is Cc1ccc(C[C@H](NC(=O)c2ccc(Cl)cc2)C(=O)O)cc1C. The zero-order valence-electron chi connectivity index (χ0n) is 13.0. The maximum absolute atomic E-state index is 12.2. The highest BCUT2D eigenvalue weighted by Gasteiger charge is 2.21. The molecule has 4 nitrogen and oxygen atoms in total. The highest BCUT2D eigenvalue weighted by molar-refractivity contribution is 6.30. The highest BCUT2D eigenvalue weighted by atomic mass is 35.5. The molecule has 1 amide bonds. The summed E-state index contributed by atoms with van der Waals surface area (Å²) in [7, 11) is 0. The van der Waals surface area contributed by atoms with Crippen LogP contribution in [0.1, 0.15) is 27.0 Å². The number of amides is 1. The topological polar surface area (TPSA) is 66.4 Å². The van der Waals surface area contributed by atoms with Crippen LogP contribution in [0.25, 0.3) is 0 Å². The first-order valence-electron chi connectivity index (χ1n) is 7.22. The molecule has 5 heteroatoms. The van der Waals surface area contributed by atoms with Gasteiger partial charge in [-0.1, -0.05) is 29.8 Å². The summed E-state index contributed by atoms with van der Waals surface area (Å²) < 4.78 is 0. The number of carboxylic acid groups (broad SMARTS) is 1. The van der Waals surface area contributed by atoms with Crippen molar-refractivity contribution in [2.75, 3.05) is 0 Å². The summed E-state index contributed by atoms with van der Waals surface area (Å²) >= 11 is 5.78. The number of carbonyl (C=O) groups excluding carboxylic acids is 1. The van der Waals surface area contributed by atoms with Crippen molar-refractivity contribution in [3.05, 3.63) is 69.7 Å². The van der Waals surface area contributed by atoms with Gasteiger partial charge in [0.1, 0.15) is 6.04 Å². The third-order valence-electron chi connectivity index (χ3n) is 3.72. The Morgan fingerprint density at radius 2 is 1.74 bits per heavy atom. The number of nitrogens with one attached hydrogen (secondary N) is 1. The fraction of sp³-hybridized carbons (Fsp3) is 0.222. The minimum absolute atomic E-state index is 0.232. The minimum atomic E-state index is -1.06. The van der Waals surface area contributed by atoms with Crippen molar-refractivity contribution in [2.24, 2.45) is 0 Å². The smallest absolute Gasteiger partial charge is 0.326 e. The Labute approximate surface area is 140 Å². The largest absolute Gasteiger partial charge is 0.480 e. The summed E-state index contributed by atoms with van der Waals surface area (Å²) in [6.07, 6.45) is 0.232. The molecule has 1 atom stereocenters. The molecule has 0 aliphatic rings. The van der Waals surface area contributed by atoms with Gasteiger partial charge in [-0.25, -0.2) is 4.79 Å². The van der Waals surface area contributed by atoms with E-state index in [0.29, 0.717) is 10.6 Å². The summed E-state index contributed by atoms with van der Waals surface area (Å²) in [5.74, 6) is -1.50. The molecule has 2 N–H and O–H groups in total. The predicted molar refractivity (Wildman–Crippen MR) is 90.0 cm³/mol. The van der Waals surface area contributed by atoms with Gasteiger partial charge in [0.25, 0.3) is 5.91 Å². The number of aryl methyl sites for hydroxylation is 2. The Kier molecular flexibility index (Phi) is 5.40. The van der Waals surface area contributed by atoms with Crippen LogP contribution < -0.4 is 5.32 Å². The molecule has 2 rings (SSSR count). The van der Waals surface area contributed by atoms with Crippen LogP contribution >= 0.6 is 11.6 Å². The molecule has 0 saturated heterocycles. The monoisotopic (exact) mass is 331 g/mol. The normalized spacial score (nSPS) is 11.8. The van der Waals surface area contributed by atoms with Crippen molar-refractivity contribution in [3.63, 3.8) is 0 Å². The van der Waals surface area contributed by atoms with Gasteiger partial charge < -0.3 is 10.4 Å². The highest BCUT2D eigenvalue weighted by Crippen LogP contribution is 2.13. The number of rotatable bonds is 5. The van der Waals surface area contributed by atoms with E-state index in [0.717, 1.165) is 16.7 Å². The fourth-order valence-electron chi connectivity index (χ4n) is 2.21. The first-order valence-corrected chi connectivity index (χ1v) is 7.60. The van der Waals surface area contributed by atoms with Crippen molar-refractivity contribution >= 4 is 23.5 Å². The quantitative estimate of drug-likeness (QED) is 0.882. The number of carbonyl (C=O) groups is 2. The molecular weight excluding hydrogens is 314 g/mol. The third kappa shape index (κ3) is 4.57. The van der Waals surface area contributed by atoms with Gasteiger partial charge in [-0.3, -0.25) is 4.79 Å². The minimum Gasteiger partial charge on any atom is -0.480 e. The molecule has 0 spiro atoms. The van der Waals surface area contributed by atoms with Crippen molar-refractivity contribution < 1.29 is 14.7 Å². The van der Waals surface area contributed by atoms with E-state index in [1.807, 2.05) is 32.0 Å². The predicted octanol–water partition coefficient (Wildman–Crippen LogP) is 3.38. The number of carboxylic acids is 1. The van der Waals surface area contributed by atoms with Gasteiger partial charge in [-0.15, -0.1) is 0 Å². The Bertz CT molecular complexity index is 726. The lowest BCUT2D eigenvalue weighted by molar-refractivity contribution is -0.139. The first-order chi connectivity index (χ1) is 10.9. The maximum atomic E-state index is 12.2. The summed E-state index contributed by atoms with van der Waals surface area (Å²) in [6.45, 7) is 3.97. The van der Waals surface area contributed by atoms with E-state index < -0.39 is 17.9 Å². The first kappa shape index (κ1) is 17.0. The van der Waals surface area contributed by atoms with E-state index in [2.05, 4.69) is 5.32 Å². The summed E-state index contributed by atoms with van der Waals surface area (Å²) in [5.41, 5.74) is 3.49. The lowest BCUT2D eigenvalue weighted by Crippen LogP contribution is -2.42. The van der Waals surface area contributed by atoms with E-state index in [1.165, 1.54) is 0 Å². The van der Waals surface area contributed by atoms with Gasteiger partial charge in [0.15, 0.2) is 0 Å². The van der Waals surface area contributed by atoms with Crippen LogP contribution in [0, 0.1) is 13.8 Å². The molecule has 0 heterocycles. The van der Waals surface area contributed by atoms with Gasteiger partial charge in [0.05, 0.1) is 0 Å². The standard InChI is InChI=1S/C18H18ClNO3/c1-11-3-4-13(9-12(11)2)10-16(18(22)23)20-17(21)14-5-7-15(19)8-6-14/h3-9,16H,10H2,1-2H3,(H,20,21)(H,22,23)/t16-/m0/s1. The van der Waals surface area contributed by atoms with Gasteiger partial charge in [-0.05, 0) is 54.8 Å². The van der Waals surface area contributed by atoms with Crippen LogP contribution in [-0.4, -0.2) is 23.0 Å². The molecule has 0 fully saturated rings. The lowest BCUT2D eigenvalue weighted by Gasteiger charge is -2.15. The molecule has 0 radical (unpaired) electrons. The second-order valence-corrected chi connectivity index (χ2v) is 5.93. The number of hydrogen-bond donors (Lipinski definition) is 2. The number of aliphatic carboxylic acids is 1. The molecule has 0 aliphatic heterocycles. The summed E-state index contributed by atoms with van der Waals surface area (Å²) in [5, 5.41) is 12.4. The molecule has 120 valence electrons. The van der Waals surface area contributed by atoms with E-state index in [-0.39, 0.29) is 6.42 Å². The van der Waals surface area contributed by atoms with E-state index in [4.69, 9.17) is 11.6 Å². The van der Waals surface area contributed by atoms with E-state index >= 15 is 0 Å². The molecule has 23 heavy (non-hydrogen) atoms. The fourth-order valence-corrected chi connectivity index (χ4v) is 2.34. The second-order valence-electron chi connectivity index (χ2n) is 5.49. The molecular formula is C18H18ClNO3. The van der Waals surface area contributed by atoms with Crippen molar-refractivity contribution in [2.45, 2.75) is 26.3 Å². The van der Waals surface area contributed by atoms with Gasteiger partial charge in [0.2, 0.25) is 0 Å². The average molecular weight is 332 g/mol.